The monoisotopic (exact) mass is 444 g/mol. The van der Waals surface area contributed by atoms with Crippen LogP contribution in [0.3, 0.4) is 0 Å². The summed E-state index contributed by atoms with van der Waals surface area (Å²) in [7, 11) is 0. The molecule has 6 nitrogen and oxygen atoms in total. The summed E-state index contributed by atoms with van der Waals surface area (Å²) in [5, 5.41) is 5.14. The number of amides is 2. The van der Waals surface area contributed by atoms with Crippen LogP contribution < -0.4 is 20.1 Å². The molecule has 0 aliphatic rings. The number of nitrogens with one attached hydrogen (secondary N) is 2. The molecule has 1 radical (unpaired) electrons. The third kappa shape index (κ3) is 6.63. The largest absolute Gasteiger partial charge is 0.573 e. The highest BCUT2D eigenvalue weighted by Gasteiger charge is 2.31. The van der Waals surface area contributed by atoms with Gasteiger partial charge in [0.15, 0.2) is 0 Å². The van der Waals surface area contributed by atoms with Crippen LogP contribution in [-0.2, 0) is 5.41 Å². The fourth-order valence-corrected chi connectivity index (χ4v) is 2.64. The predicted octanol–water partition coefficient (Wildman–Crippen LogP) is 6.51. The fourth-order valence-electron chi connectivity index (χ4n) is 2.64. The van der Waals surface area contributed by atoms with Crippen LogP contribution in [0.25, 0.3) is 0 Å². The Morgan fingerprint density at radius 1 is 0.969 bits per heavy atom. The molecule has 2 N–H and O–H groups in total. The Morgan fingerprint density at radius 3 is 2.34 bits per heavy atom. The molecule has 0 aliphatic carbocycles. The second-order valence-corrected chi connectivity index (χ2v) is 7.79. The van der Waals surface area contributed by atoms with Gasteiger partial charge in [0.25, 0.3) is 0 Å². The summed E-state index contributed by atoms with van der Waals surface area (Å²) in [5.41, 5.74) is 1.41. The second-order valence-electron chi connectivity index (χ2n) is 7.79. The van der Waals surface area contributed by atoms with Gasteiger partial charge in [0.2, 0.25) is 5.88 Å². The van der Waals surface area contributed by atoms with Gasteiger partial charge >= 0.3 is 12.4 Å². The van der Waals surface area contributed by atoms with Gasteiger partial charge in [-0.15, -0.1) is 13.2 Å². The molecule has 32 heavy (non-hydrogen) atoms. The molecule has 0 fully saturated rings. The van der Waals surface area contributed by atoms with Gasteiger partial charge in [-0.25, -0.2) is 9.78 Å². The average Bonchev–Trinajstić information content (AvgIpc) is 2.69. The minimum atomic E-state index is -4.78. The number of benzene rings is 2. The summed E-state index contributed by atoms with van der Waals surface area (Å²) in [4.78, 5) is 16.5. The van der Waals surface area contributed by atoms with E-state index in [0.29, 0.717) is 11.4 Å². The molecule has 0 unspecified atom stereocenters. The number of anilines is 2. The zero-order valence-electron chi connectivity index (χ0n) is 17.6. The molecule has 0 aliphatic heterocycles. The second kappa shape index (κ2) is 9.17. The Kier molecular flexibility index (Phi) is 6.57. The van der Waals surface area contributed by atoms with E-state index in [1.54, 1.807) is 18.2 Å². The first-order chi connectivity index (χ1) is 15.0. The number of carbonyl (C=O) groups is 1. The maximum atomic E-state index is 12.4. The summed E-state index contributed by atoms with van der Waals surface area (Å²) in [5.74, 6) is 0.221. The van der Waals surface area contributed by atoms with Crippen molar-refractivity contribution in [3.63, 3.8) is 0 Å². The lowest BCUT2D eigenvalue weighted by molar-refractivity contribution is -0.274. The van der Waals surface area contributed by atoms with Crippen LogP contribution in [0.2, 0.25) is 0 Å². The molecule has 0 bridgehead atoms. The number of alkyl halides is 3. The molecule has 0 atom stereocenters. The lowest BCUT2D eigenvalue weighted by atomic mass is 9.87. The zero-order chi connectivity index (χ0) is 23.4. The molecule has 1 heterocycles. The quantitative estimate of drug-likeness (QED) is 0.470. The number of urea groups is 1. The molecule has 2 aromatic carbocycles. The highest BCUT2D eigenvalue weighted by molar-refractivity contribution is 6.00. The first kappa shape index (κ1) is 22.9. The lowest BCUT2D eigenvalue weighted by Crippen LogP contribution is -2.20. The highest BCUT2D eigenvalue weighted by Crippen LogP contribution is 2.30. The Morgan fingerprint density at radius 2 is 1.69 bits per heavy atom. The van der Waals surface area contributed by atoms with Crippen LogP contribution in [-0.4, -0.2) is 17.4 Å². The van der Waals surface area contributed by atoms with Gasteiger partial charge in [0.05, 0.1) is 0 Å². The number of rotatable bonds is 5. The summed E-state index contributed by atoms with van der Waals surface area (Å²) >= 11 is 0. The van der Waals surface area contributed by atoms with Crippen molar-refractivity contribution in [1.82, 2.24) is 4.98 Å². The summed E-state index contributed by atoms with van der Waals surface area (Å²) in [6.45, 7) is 6.17. The zero-order valence-corrected chi connectivity index (χ0v) is 17.6. The van der Waals surface area contributed by atoms with E-state index >= 15 is 0 Å². The normalized spacial score (nSPS) is 11.6. The standard InChI is InChI=1S/C23H21F3N3O3/c1-22(2,3)15-6-4-7-18(14-15)31-20-19(8-5-13-27-20)29-21(30)28-16-9-11-17(12-10-16)32-23(24,25)26/h4-13H,1-3H3,(H2,28,29,30). The molecule has 1 aromatic heterocycles. The maximum absolute atomic E-state index is 12.4. The minimum Gasteiger partial charge on any atom is -0.436 e. The van der Waals surface area contributed by atoms with Crippen molar-refractivity contribution >= 4 is 17.4 Å². The molecular weight excluding hydrogens is 423 g/mol. The Labute approximate surface area is 183 Å². The van der Waals surface area contributed by atoms with Crippen molar-refractivity contribution in [1.29, 1.82) is 0 Å². The number of ether oxygens (including phenoxy) is 2. The third-order valence-electron chi connectivity index (χ3n) is 4.15. The molecule has 2 amide bonds. The number of pyridine rings is 1. The Hall–Kier alpha value is -3.75. The number of carbonyl (C=O) groups excluding carboxylic acids is 1. The smallest absolute Gasteiger partial charge is 0.436 e. The van der Waals surface area contributed by atoms with Gasteiger partial charge in [-0.3, -0.25) is 0 Å². The minimum absolute atomic E-state index is 0.120. The van der Waals surface area contributed by atoms with E-state index in [2.05, 4.69) is 47.2 Å². The molecule has 3 aromatic rings. The number of nitrogens with zero attached hydrogens (tertiary/aromatic N) is 1. The third-order valence-corrected chi connectivity index (χ3v) is 4.15. The molecule has 3 rings (SSSR count). The van der Waals surface area contributed by atoms with Gasteiger partial charge in [-0.1, -0.05) is 32.9 Å². The topological polar surface area (TPSA) is 72.5 Å². The van der Waals surface area contributed by atoms with Crippen LogP contribution in [0.4, 0.5) is 29.3 Å². The SMILES string of the molecule is CC(C)(C)c1[c]c(Oc2ncccc2NC(=O)Nc2ccc(OC(F)(F)F)cc2)ccc1. The first-order valence-corrected chi connectivity index (χ1v) is 9.59. The van der Waals surface area contributed by atoms with Gasteiger partial charge in [0.1, 0.15) is 17.2 Å². The van der Waals surface area contributed by atoms with Crippen molar-refractivity contribution < 1.29 is 27.4 Å². The van der Waals surface area contributed by atoms with Crippen molar-refractivity contribution in [2.45, 2.75) is 32.5 Å². The summed E-state index contributed by atoms with van der Waals surface area (Å²) in [6, 6.07) is 16.1. The van der Waals surface area contributed by atoms with E-state index in [0.717, 1.165) is 17.7 Å². The van der Waals surface area contributed by atoms with E-state index in [9.17, 15) is 18.0 Å². The van der Waals surface area contributed by atoms with Crippen molar-refractivity contribution in [2.75, 3.05) is 10.6 Å². The highest BCUT2D eigenvalue weighted by atomic mass is 19.4. The molecule has 0 saturated heterocycles. The fraction of sp³-hybridized carbons (Fsp3) is 0.217. The number of hydrogen-bond donors (Lipinski definition) is 2. The number of halogens is 3. The van der Waals surface area contributed by atoms with Crippen molar-refractivity contribution in [3.05, 3.63) is 72.4 Å². The maximum Gasteiger partial charge on any atom is 0.573 e. The van der Waals surface area contributed by atoms with Gasteiger partial charge in [-0.05, 0) is 53.4 Å². The van der Waals surface area contributed by atoms with Crippen LogP contribution >= 0.6 is 0 Å². The van der Waals surface area contributed by atoms with E-state index in [4.69, 9.17) is 4.74 Å². The first-order valence-electron chi connectivity index (χ1n) is 9.59. The predicted molar refractivity (Wildman–Crippen MR) is 114 cm³/mol. The van der Waals surface area contributed by atoms with Crippen molar-refractivity contribution in [3.8, 4) is 17.4 Å². The molecule has 0 saturated carbocycles. The Bertz CT molecular complexity index is 1080. The van der Waals surface area contributed by atoms with Gasteiger partial charge in [-0.2, -0.15) is 0 Å². The molecular formula is C23H21F3N3O3. The van der Waals surface area contributed by atoms with Crippen LogP contribution in [0.5, 0.6) is 17.4 Å². The van der Waals surface area contributed by atoms with E-state index < -0.39 is 12.4 Å². The van der Waals surface area contributed by atoms with Crippen LogP contribution in [0.1, 0.15) is 26.3 Å². The molecule has 167 valence electrons. The van der Waals surface area contributed by atoms with Gasteiger partial charge < -0.3 is 20.1 Å². The van der Waals surface area contributed by atoms with E-state index in [1.807, 2.05) is 12.1 Å². The number of hydrogen-bond acceptors (Lipinski definition) is 4. The summed E-state index contributed by atoms with van der Waals surface area (Å²) in [6.07, 6.45) is -3.27. The Balaban J connectivity index is 1.68. The lowest BCUT2D eigenvalue weighted by Gasteiger charge is -2.19. The number of aromatic nitrogens is 1. The summed E-state index contributed by atoms with van der Waals surface area (Å²) < 4.78 is 46.4. The molecule has 9 heteroatoms. The van der Waals surface area contributed by atoms with E-state index in [-0.39, 0.29) is 22.7 Å². The molecule has 0 spiro atoms. The average molecular weight is 444 g/mol. The van der Waals surface area contributed by atoms with Gasteiger partial charge in [0, 0.05) is 18.0 Å². The van der Waals surface area contributed by atoms with Crippen LogP contribution in [0.15, 0.2) is 60.8 Å². The van der Waals surface area contributed by atoms with Crippen LogP contribution in [0, 0.1) is 6.07 Å². The van der Waals surface area contributed by atoms with Crippen molar-refractivity contribution in [2.24, 2.45) is 0 Å². The van der Waals surface area contributed by atoms with E-state index in [1.165, 1.54) is 18.3 Å².